The summed E-state index contributed by atoms with van der Waals surface area (Å²) in [7, 11) is 0. The molecule has 0 aromatic carbocycles. The van der Waals surface area contributed by atoms with Crippen molar-refractivity contribution in [1.82, 2.24) is 9.97 Å². The summed E-state index contributed by atoms with van der Waals surface area (Å²) in [5.41, 5.74) is 0. The predicted molar refractivity (Wildman–Crippen MR) is 50.1 cm³/mol. The molecule has 3 nitrogen and oxygen atoms in total. The van der Waals surface area contributed by atoms with E-state index < -0.39 is 0 Å². The van der Waals surface area contributed by atoms with E-state index in [0.717, 1.165) is 0 Å². The van der Waals surface area contributed by atoms with Crippen molar-refractivity contribution in [3.05, 3.63) is 55.1 Å². The molecule has 0 aliphatic heterocycles. The van der Waals surface area contributed by atoms with Crippen LogP contribution in [0.1, 0.15) is 0 Å². The van der Waals surface area contributed by atoms with Crippen LogP contribution in [0.3, 0.4) is 0 Å². The molecule has 3 heteroatoms. The summed E-state index contributed by atoms with van der Waals surface area (Å²) in [6.07, 6.45) is 6.50. The van der Waals surface area contributed by atoms with E-state index in [1.807, 2.05) is 18.2 Å². The van der Waals surface area contributed by atoms with Crippen LogP contribution in [-0.2, 0) is 0 Å². The van der Waals surface area contributed by atoms with E-state index in [1.54, 1.807) is 30.7 Å². The van der Waals surface area contributed by atoms with Gasteiger partial charge in [-0.05, 0) is 24.3 Å². The number of aromatic hydroxyl groups is 1. The smallest absolute Gasteiger partial charge is 0.133 e. The molecule has 0 saturated heterocycles. The molecule has 2 rings (SSSR count). The molecule has 2 aromatic heterocycles. The molecule has 0 aliphatic carbocycles. The minimum Gasteiger partial charge on any atom is -0.506 e. The Bertz CT molecular complexity index is 283. The highest BCUT2D eigenvalue weighted by atomic mass is 16.3. The van der Waals surface area contributed by atoms with E-state index in [1.165, 1.54) is 6.20 Å². The third-order valence-electron chi connectivity index (χ3n) is 1.21. The first-order chi connectivity index (χ1) is 6.39. The first kappa shape index (κ1) is 9.19. The quantitative estimate of drug-likeness (QED) is 0.663. The van der Waals surface area contributed by atoms with Crippen LogP contribution in [0, 0.1) is 0 Å². The average Bonchev–Trinajstić information content (AvgIpc) is 2.22. The van der Waals surface area contributed by atoms with Gasteiger partial charge in [0.05, 0.1) is 6.20 Å². The molecule has 2 heterocycles. The molecule has 0 unspecified atom stereocenters. The Morgan fingerprint density at radius 1 is 0.846 bits per heavy atom. The lowest BCUT2D eigenvalue weighted by Gasteiger charge is -1.81. The van der Waals surface area contributed by atoms with Gasteiger partial charge in [-0.25, -0.2) is 0 Å². The van der Waals surface area contributed by atoms with Gasteiger partial charge in [0.25, 0.3) is 0 Å². The third kappa shape index (κ3) is 4.53. The number of pyridine rings is 2. The van der Waals surface area contributed by atoms with E-state index >= 15 is 0 Å². The van der Waals surface area contributed by atoms with Crippen molar-refractivity contribution < 1.29 is 5.11 Å². The summed E-state index contributed by atoms with van der Waals surface area (Å²) < 4.78 is 0. The lowest BCUT2D eigenvalue weighted by molar-refractivity contribution is 0.472. The van der Waals surface area contributed by atoms with Crippen LogP contribution < -0.4 is 0 Å². The van der Waals surface area contributed by atoms with Gasteiger partial charge in [0.2, 0.25) is 0 Å². The zero-order chi connectivity index (χ0) is 9.36. The molecule has 1 N–H and O–H groups in total. The molecular formula is C10H10N2O. The van der Waals surface area contributed by atoms with Gasteiger partial charge in [0, 0.05) is 18.6 Å². The molecule has 0 fully saturated rings. The molecule has 0 atom stereocenters. The fraction of sp³-hybridized carbons (Fsp3) is 0. The fourth-order valence-corrected chi connectivity index (χ4v) is 0.666. The van der Waals surface area contributed by atoms with Gasteiger partial charge in [-0.3, -0.25) is 9.97 Å². The van der Waals surface area contributed by atoms with Crippen molar-refractivity contribution in [2.75, 3.05) is 0 Å². The highest BCUT2D eigenvalue weighted by molar-refractivity contribution is 5.12. The molecular weight excluding hydrogens is 164 g/mol. The second-order valence-electron chi connectivity index (χ2n) is 2.24. The second kappa shape index (κ2) is 5.71. The topological polar surface area (TPSA) is 46.0 Å². The van der Waals surface area contributed by atoms with Crippen LogP contribution in [0.4, 0.5) is 0 Å². The summed E-state index contributed by atoms with van der Waals surface area (Å²) in [5.74, 6) is 0.211. The van der Waals surface area contributed by atoms with Gasteiger partial charge < -0.3 is 5.11 Å². The minimum absolute atomic E-state index is 0.211. The van der Waals surface area contributed by atoms with E-state index in [-0.39, 0.29) is 5.75 Å². The van der Waals surface area contributed by atoms with Crippen molar-refractivity contribution in [2.24, 2.45) is 0 Å². The van der Waals surface area contributed by atoms with Gasteiger partial charge in [-0.1, -0.05) is 6.07 Å². The molecule has 0 radical (unpaired) electrons. The summed E-state index contributed by atoms with van der Waals surface area (Å²) >= 11 is 0. The minimum atomic E-state index is 0.211. The molecule has 0 amide bonds. The summed E-state index contributed by atoms with van der Waals surface area (Å²) in [5, 5.41) is 8.57. The monoisotopic (exact) mass is 174 g/mol. The van der Waals surface area contributed by atoms with E-state index in [2.05, 4.69) is 9.97 Å². The maximum absolute atomic E-state index is 8.57. The number of hydrogen-bond donors (Lipinski definition) is 1. The Hall–Kier alpha value is -1.90. The standard InChI is InChI=1S/C5H5NO.C5H5N/c7-5-2-1-3-6-4-5;1-2-4-6-5-3-1/h1-4,7H;1-5H. The van der Waals surface area contributed by atoms with E-state index in [9.17, 15) is 0 Å². The molecule has 66 valence electrons. The zero-order valence-electron chi connectivity index (χ0n) is 7.04. The molecule has 0 bridgehead atoms. The van der Waals surface area contributed by atoms with Gasteiger partial charge in [0.1, 0.15) is 5.75 Å². The number of nitrogens with zero attached hydrogens (tertiary/aromatic N) is 2. The largest absolute Gasteiger partial charge is 0.506 e. The Morgan fingerprint density at radius 2 is 1.54 bits per heavy atom. The first-order valence-corrected chi connectivity index (χ1v) is 3.83. The van der Waals surface area contributed by atoms with Crippen molar-refractivity contribution in [1.29, 1.82) is 0 Å². The van der Waals surface area contributed by atoms with Crippen LogP contribution >= 0.6 is 0 Å². The van der Waals surface area contributed by atoms with Crippen LogP contribution in [0.5, 0.6) is 5.75 Å². The van der Waals surface area contributed by atoms with Gasteiger partial charge in [-0.15, -0.1) is 0 Å². The SMILES string of the molecule is Oc1cccnc1.c1ccncc1. The molecule has 0 saturated carbocycles. The van der Waals surface area contributed by atoms with Crippen LogP contribution in [0.25, 0.3) is 0 Å². The maximum Gasteiger partial charge on any atom is 0.133 e. The Labute approximate surface area is 76.7 Å². The average molecular weight is 174 g/mol. The lowest BCUT2D eigenvalue weighted by atomic mass is 10.5. The zero-order valence-corrected chi connectivity index (χ0v) is 7.04. The van der Waals surface area contributed by atoms with Crippen LogP contribution in [0.15, 0.2) is 55.1 Å². The normalized spacial score (nSPS) is 8.31. The Balaban J connectivity index is 0.000000132. The molecule has 0 aliphatic rings. The predicted octanol–water partition coefficient (Wildman–Crippen LogP) is 1.87. The van der Waals surface area contributed by atoms with Crippen LogP contribution in [0.2, 0.25) is 0 Å². The fourth-order valence-electron chi connectivity index (χ4n) is 0.666. The highest BCUT2D eigenvalue weighted by Crippen LogP contribution is 1.99. The second-order valence-corrected chi connectivity index (χ2v) is 2.24. The van der Waals surface area contributed by atoms with Crippen LogP contribution in [-0.4, -0.2) is 15.1 Å². The van der Waals surface area contributed by atoms with Crippen molar-refractivity contribution in [3.8, 4) is 5.75 Å². The number of rotatable bonds is 0. The molecule has 13 heavy (non-hydrogen) atoms. The summed E-state index contributed by atoms with van der Waals surface area (Å²) in [6, 6.07) is 8.97. The van der Waals surface area contributed by atoms with Crippen molar-refractivity contribution >= 4 is 0 Å². The lowest BCUT2D eigenvalue weighted by Crippen LogP contribution is -1.64. The first-order valence-electron chi connectivity index (χ1n) is 3.83. The Kier molecular flexibility index (Phi) is 4.04. The highest BCUT2D eigenvalue weighted by Gasteiger charge is 1.76. The van der Waals surface area contributed by atoms with E-state index in [0.29, 0.717) is 0 Å². The van der Waals surface area contributed by atoms with Crippen molar-refractivity contribution in [3.63, 3.8) is 0 Å². The third-order valence-corrected chi connectivity index (χ3v) is 1.21. The van der Waals surface area contributed by atoms with Gasteiger partial charge in [-0.2, -0.15) is 0 Å². The van der Waals surface area contributed by atoms with Gasteiger partial charge >= 0.3 is 0 Å². The summed E-state index contributed by atoms with van der Waals surface area (Å²) in [6.45, 7) is 0. The number of aromatic nitrogens is 2. The Morgan fingerprint density at radius 3 is 1.77 bits per heavy atom. The van der Waals surface area contributed by atoms with E-state index in [4.69, 9.17) is 5.11 Å². The maximum atomic E-state index is 8.57. The molecule has 2 aromatic rings. The van der Waals surface area contributed by atoms with Gasteiger partial charge in [0.15, 0.2) is 0 Å². The summed E-state index contributed by atoms with van der Waals surface area (Å²) in [4.78, 5) is 7.42. The molecule has 0 spiro atoms. The van der Waals surface area contributed by atoms with Crippen molar-refractivity contribution in [2.45, 2.75) is 0 Å². The number of hydrogen-bond acceptors (Lipinski definition) is 3.